The van der Waals surface area contributed by atoms with Crippen LogP contribution >= 0.6 is 0 Å². The molecule has 0 fully saturated rings. The van der Waals surface area contributed by atoms with E-state index in [0.29, 0.717) is 35.2 Å². The molecule has 6 heteroatoms. The first-order valence-corrected chi connectivity index (χ1v) is 11.5. The van der Waals surface area contributed by atoms with Crippen LogP contribution in [0.3, 0.4) is 0 Å². The summed E-state index contributed by atoms with van der Waals surface area (Å²) in [6.07, 6.45) is 0. The van der Waals surface area contributed by atoms with Crippen LogP contribution < -0.4 is 24.4 Å². The van der Waals surface area contributed by atoms with Gasteiger partial charge in [0.05, 0.1) is 21.3 Å². The largest absolute Gasteiger partial charge is 0.497 e. The third-order valence-electron chi connectivity index (χ3n) is 6.22. The van der Waals surface area contributed by atoms with Crippen LogP contribution in [0.1, 0.15) is 11.1 Å². The Morgan fingerprint density at radius 1 is 0.722 bits per heavy atom. The van der Waals surface area contributed by atoms with E-state index in [1.807, 2.05) is 67.6 Å². The zero-order valence-electron chi connectivity index (χ0n) is 20.6. The number of benzene rings is 4. The second-order valence-electron chi connectivity index (χ2n) is 8.45. The Labute approximate surface area is 209 Å². The Morgan fingerprint density at radius 3 is 2.25 bits per heavy atom. The lowest BCUT2D eigenvalue weighted by molar-refractivity contribution is 0.304. The number of fused-ring (bicyclic) bond motifs is 2. The monoisotopic (exact) mass is 482 g/mol. The number of hydrogen-bond acceptors (Lipinski definition) is 6. The van der Waals surface area contributed by atoms with Crippen molar-refractivity contribution in [1.29, 1.82) is 0 Å². The number of methoxy groups -OCH3 is 3. The minimum atomic E-state index is -0.108. The molecule has 1 heterocycles. The van der Waals surface area contributed by atoms with Crippen LogP contribution in [0.5, 0.6) is 23.0 Å². The Hall–Kier alpha value is -4.45. The molecule has 0 N–H and O–H groups in total. The SMILES string of the molecule is COc1ccc(-c2c3ccc(=O)cc-3oc3cc(OCc4ccc(OC)c(OC)c4)ccc23)c(C)c1. The van der Waals surface area contributed by atoms with Crippen molar-refractivity contribution in [3.05, 3.63) is 94.1 Å². The van der Waals surface area contributed by atoms with E-state index in [-0.39, 0.29) is 5.43 Å². The smallest absolute Gasteiger partial charge is 0.182 e. The molecule has 0 bridgehead atoms. The lowest BCUT2D eigenvalue weighted by Gasteiger charge is -2.18. The van der Waals surface area contributed by atoms with E-state index < -0.39 is 0 Å². The lowest BCUT2D eigenvalue weighted by Crippen LogP contribution is -2.01. The molecule has 3 aromatic carbocycles. The molecule has 0 spiro atoms. The number of aryl methyl sites for hydroxylation is 1. The highest BCUT2D eigenvalue weighted by atomic mass is 16.5. The van der Waals surface area contributed by atoms with Crippen molar-refractivity contribution in [3.8, 4) is 45.4 Å². The molecule has 0 aromatic heterocycles. The average molecular weight is 483 g/mol. The molecule has 0 saturated heterocycles. The highest BCUT2D eigenvalue weighted by molar-refractivity contribution is 6.02. The first-order valence-electron chi connectivity index (χ1n) is 11.5. The van der Waals surface area contributed by atoms with Crippen LogP contribution in [0.2, 0.25) is 0 Å². The maximum Gasteiger partial charge on any atom is 0.182 e. The summed E-state index contributed by atoms with van der Waals surface area (Å²) in [6, 6.07) is 22.3. The second-order valence-corrected chi connectivity index (χ2v) is 8.45. The minimum absolute atomic E-state index is 0.108. The molecule has 0 radical (unpaired) electrons. The highest BCUT2D eigenvalue weighted by Crippen LogP contribution is 2.42. The topological polar surface area (TPSA) is 67.1 Å². The van der Waals surface area contributed by atoms with Gasteiger partial charge in [-0.1, -0.05) is 12.1 Å². The van der Waals surface area contributed by atoms with E-state index >= 15 is 0 Å². The van der Waals surface area contributed by atoms with Crippen LogP contribution in [0.15, 0.2) is 82.0 Å². The third-order valence-corrected chi connectivity index (χ3v) is 6.22. The van der Waals surface area contributed by atoms with E-state index in [2.05, 4.69) is 0 Å². The van der Waals surface area contributed by atoms with Gasteiger partial charge in [-0.05, 0) is 72.1 Å². The Morgan fingerprint density at radius 2 is 1.50 bits per heavy atom. The molecule has 0 saturated carbocycles. The highest BCUT2D eigenvalue weighted by Gasteiger charge is 2.19. The molecule has 1 aliphatic heterocycles. The van der Waals surface area contributed by atoms with Crippen LogP contribution in [-0.4, -0.2) is 21.3 Å². The summed E-state index contributed by atoms with van der Waals surface area (Å²) < 4.78 is 28.4. The van der Waals surface area contributed by atoms with E-state index in [1.165, 1.54) is 6.07 Å². The Bertz CT molecular complexity index is 1580. The van der Waals surface area contributed by atoms with Gasteiger partial charge < -0.3 is 23.4 Å². The number of ether oxygens (including phenoxy) is 4. The molecule has 36 heavy (non-hydrogen) atoms. The van der Waals surface area contributed by atoms with Gasteiger partial charge >= 0.3 is 0 Å². The van der Waals surface area contributed by atoms with Gasteiger partial charge in [0.15, 0.2) is 16.9 Å². The fourth-order valence-electron chi connectivity index (χ4n) is 4.41. The van der Waals surface area contributed by atoms with Gasteiger partial charge in [0, 0.05) is 28.6 Å². The summed E-state index contributed by atoms with van der Waals surface area (Å²) in [5.41, 5.74) is 5.43. The normalized spacial score (nSPS) is 11.0. The predicted octanol–water partition coefficient (Wildman–Crippen LogP) is 6.48. The number of rotatable bonds is 7. The molecular formula is C30H26O6. The molecule has 5 rings (SSSR count). The average Bonchev–Trinajstić information content (AvgIpc) is 2.90. The van der Waals surface area contributed by atoms with E-state index in [1.54, 1.807) is 27.4 Å². The predicted molar refractivity (Wildman–Crippen MR) is 140 cm³/mol. The molecule has 1 aliphatic carbocycles. The first kappa shape index (κ1) is 23.3. The van der Waals surface area contributed by atoms with Gasteiger partial charge in [-0.25, -0.2) is 0 Å². The Balaban J connectivity index is 1.58. The van der Waals surface area contributed by atoms with Crippen molar-refractivity contribution < 1.29 is 23.4 Å². The quantitative estimate of drug-likeness (QED) is 0.248. The summed E-state index contributed by atoms with van der Waals surface area (Å²) in [7, 11) is 4.86. The fraction of sp³-hybridized carbons (Fsp3) is 0.167. The van der Waals surface area contributed by atoms with Gasteiger partial charge in [0.2, 0.25) is 0 Å². The van der Waals surface area contributed by atoms with Gasteiger partial charge in [-0.3, -0.25) is 4.79 Å². The first-order chi connectivity index (χ1) is 17.5. The molecule has 2 aliphatic rings. The summed E-state index contributed by atoms with van der Waals surface area (Å²) >= 11 is 0. The van der Waals surface area contributed by atoms with Crippen LogP contribution in [-0.2, 0) is 6.61 Å². The molecule has 182 valence electrons. The second kappa shape index (κ2) is 9.66. The zero-order chi connectivity index (χ0) is 25.2. The maximum atomic E-state index is 12.1. The molecule has 0 unspecified atom stereocenters. The molecule has 0 amide bonds. The van der Waals surface area contributed by atoms with Crippen molar-refractivity contribution in [2.75, 3.05) is 21.3 Å². The third kappa shape index (κ3) is 4.33. The van der Waals surface area contributed by atoms with Crippen LogP contribution in [0.25, 0.3) is 33.4 Å². The summed E-state index contributed by atoms with van der Waals surface area (Å²) in [4.78, 5) is 12.1. The van der Waals surface area contributed by atoms with Gasteiger partial charge in [-0.2, -0.15) is 0 Å². The van der Waals surface area contributed by atoms with Crippen molar-refractivity contribution >= 4 is 11.0 Å². The summed E-state index contributed by atoms with van der Waals surface area (Å²) in [5, 5.41) is 0.924. The van der Waals surface area contributed by atoms with E-state index in [0.717, 1.165) is 39.0 Å². The van der Waals surface area contributed by atoms with Crippen molar-refractivity contribution in [1.82, 2.24) is 0 Å². The molecule has 0 atom stereocenters. The molecular weight excluding hydrogens is 456 g/mol. The van der Waals surface area contributed by atoms with Gasteiger partial charge in [0.25, 0.3) is 0 Å². The fourth-order valence-corrected chi connectivity index (χ4v) is 4.41. The zero-order valence-corrected chi connectivity index (χ0v) is 20.6. The molecule has 6 nitrogen and oxygen atoms in total. The molecule has 3 aromatic rings. The van der Waals surface area contributed by atoms with Crippen molar-refractivity contribution in [2.45, 2.75) is 13.5 Å². The maximum absolute atomic E-state index is 12.1. The van der Waals surface area contributed by atoms with Gasteiger partial charge in [0.1, 0.15) is 29.4 Å². The number of hydrogen-bond donors (Lipinski definition) is 0. The standard InChI is InChI=1S/C30H26O6/c1-18-13-21(32-2)7-10-23(18)30-24-9-6-20(31)15-27(24)36-28-16-22(8-11-25(28)30)35-17-19-5-12-26(33-3)29(14-19)34-4/h5-16H,17H2,1-4H3. The summed E-state index contributed by atoms with van der Waals surface area (Å²) in [6.45, 7) is 2.39. The van der Waals surface area contributed by atoms with Crippen LogP contribution in [0, 0.1) is 6.92 Å². The van der Waals surface area contributed by atoms with E-state index in [4.69, 9.17) is 23.4 Å². The van der Waals surface area contributed by atoms with Crippen molar-refractivity contribution in [3.63, 3.8) is 0 Å². The lowest BCUT2D eigenvalue weighted by atomic mass is 9.91. The van der Waals surface area contributed by atoms with Gasteiger partial charge in [-0.15, -0.1) is 0 Å². The minimum Gasteiger partial charge on any atom is -0.497 e. The Kier molecular flexibility index (Phi) is 6.25. The van der Waals surface area contributed by atoms with Crippen molar-refractivity contribution in [2.24, 2.45) is 0 Å². The summed E-state index contributed by atoms with van der Waals surface area (Å²) in [5.74, 6) is 3.27. The van der Waals surface area contributed by atoms with E-state index in [9.17, 15) is 4.79 Å². The van der Waals surface area contributed by atoms with Crippen LogP contribution in [0.4, 0.5) is 0 Å².